The van der Waals surface area contributed by atoms with Crippen LogP contribution in [0.4, 0.5) is 0 Å². The first kappa shape index (κ1) is 14.9. The van der Waals surface area contributed by atoms with Gasteiger partial charge >= 0.3 is 0 Å². The molecule has 0 bridgehead atoms. The fourth-order valence-electron chi connectivity index (χ4n) is 2.48. The van der Waals surface area contributed by atoms with Crippen LogP contribution in [0.3, 0.4) is 0 Å². The molecule has 1 heteroatoms. The molecule has 0 aromatic heterocycles. The molecule has 1 aromatic rings. The van der Waals surface area contributed by atoms with E-state index >= 15 is 0 Å². The van der Waals surface area contributed by atoms with Crippen LogP contribution in [-0.4, -0.2) is 6.10 Å². The summed E-state index contributed by atoms with van der Waals surface area (Å²) >= 11 is 0. The largest absolute Gasteiger partial charge is 0.485 e. The summed E-state index contributed by atoms with van der Waals surface area (Å²) in [5.74, 6) is 1.01. The van der Waals surface area contributed by atoms with Crippen LogP contribution >= 0.6 is 0 Å². The molecule has 2 rings (SSSR count). The van der Waals surface area contributed by atoms with Gasteiger partial charge in [-0.05, 0) is 25.0 Å². The highest BCUT2D eigenvalue weighted by Crippen LogP contribution is 2.26. The molecule has 1 nitrogen and oxygen atoms in total. The lowest BCUT2D eigenvalue weighted by molar-refractivity contribution is 0.249. The van der Waals surface area contributed by atoms with Crippen molar-refractivity contribution in [3.8, 4) is 5.75 Å². The zero-order valence-electron chi connectivity index (χ0n) is 12.6. The molecule has 1 aliphatic heterocycles. The maximum absolute atomic E-state index is 5.95. The van der Waals surface area contributed by atoms with Crippen molar-refractivity contribution in [1.82, 2.24) is 0 Å². The van der Waals surface area contributed by atoms with Gasteiger partial charge in [-0.25, -0.2) is 0 Å². The second-order valence-electron chi connectivity index (χ2n) is 5.46. The van der Waals surface area contributed by atoms with Crippen molar-refractivity contribution in [3.05, 3.63) is 48.1 Å². The van der Waals surface area contributed by atoms with Crippen LogP contribution in [0, 0.1) is 0 Å². The number of fused-ring (bicyclic) bond motifs is 1. The molecular formula is C19H26O. The maximum Gasteiger partial charge on any atom is 0.127 e. The van der Waals surface area contributed by atoms with Crippen molar-refractivity contribution in [2.45, 2.75) is 58.0 Å². The molecule has 0 spiro atoms. The molecule has 0 aliphatic carbocycles. The van der Waals surface area contributed by atoms with Crippen molar-refractivity contribution >= 4 is 6.08 Å². The second kappa shape index (κ2) is 8.63. The van der Waals surface area contributed by atoms with Gasteiger partial charge in [-0.3, -0.25) is 0 Å². The third-order valence-corrected chi connectivity index (χ3v) is 3.70. The fraction of sp³-hybridized carbons (Fsp3) is 0.474. The number of unbranched alkanes of at least 4 members (excludes halogenated alkanes) is 5. The van der Waals surface area contributed by atoms with Gasteiger partial charge in [0.2, 0.25) is 0 Å². The Bertz CT molecular complexity index is 445. The van der Waals surface area contributed by atoms with E-state index in [1.54, 1.807) is 0 Å². The van der Waals surface area contributed by atoms with Crippen LogP contribution in [0.2, 0.25) is 0 Å². The highest BCUT2D eigenvalue weighted by Gasteiger charge is 2.12. The van der Waals surface area contributed by atoms with Gasteiger partial charge in [0.05, 0.1) is 0 Å². The standard InChI is InChI=1S/C19H26O/c1-2-3-4-5-6-7-8-9-13-18-16-15-17-12-10-11-14-19(17)20-18/h8-12,14-16,18H,2-7,13H2,1H3/b9-8+. The number of hydrogen-bond donors (Lipinski definition) is 0. The summed E-state index contributed by atoms with van der Waals surface area (Å²) in [5.41, 5.74) is 1.18. The lowest BCUT2D eigenvalue weighted by Crippen LogP contribution is -2.15. The van der Waals surface area contributed by atoms with Crippen LogP contribution in [0.5, 0.6) is 5.75 Å². The predicted molar refractivity (Wildman–Crippen MR) is 87.0 cm³/mol. The number of allylic oxidation sites excluding steroid dienone is 1. The molecule has 0 saturated carbocycles. The molecule has 0 saturated heterocycles. The molecule has 0 fully saturated rings. The van der Waals surface area contributed by atoms with Crippen LogP contribution in [0.1, 0.15) is 57.4 Å². The zero-order chi connectivity index (χ0) is 14.0. The van der Waals surface area contributed by atoms with E-state index in [9.17, 15) is 0 Å². The Morgan fingerprint density at radius 3 is 2.80 bits per heavy atom. The summed E-state index contributed by atoms with van der Waals surface area (Å²) in [4.78, 5) is 0. The summed E-state index contributed by atoms with van der Waals surface area (Å²) in [6.07, 6.45) is 18.0. The summed E-state index contributed by atoms with van der Waals surface area (Å²) in [6.45, 7) is 2.26. The van der Waals surface area contributed by atoms with E-state index in [1.165, 1.54) is 44.1 Å². The lowest BCUT2D eigenvalue weighted by atomic mass is 10.1. The average molecular weight is 270 g/mol. The molecular weight excluding hydrogens is 244 g/mol. The smallest absolute Gasteiger partial charge is 0.127 e. The van der Waals surface area contributed by atoms with Gasteiger partial charge in [0.15, 0.2) is 0 Å². The highest BCUT2D eigenvalue weighted by atomic mass is 16.5. The van der Waals surface area contributed by atoms with E-state index in [2.05, 4.69) is 37.3 Å². The minimum atomic E-state index is 0.196. The average Bonchev–Trinajstić information content (AvgIpc) is 2.50. The normalized spacial score (nSPS) is 17.1. The zero-order valence-corrected chi connectivity index (χ0v) is 12.6. The molecule has 108 valence electrons. The third kappa shape index (κ3) is 4.88. The summed E-state index contributed by atoms with van der Waals surface area (Å²) in [6, 6.07) is 8.21. The fourth-order valence-corrected chi connectivity index (χ4v) is 2.48. The van der Waals surface area contributed by atoms with E-state index in [0.717, 1.165) is 12.2 Å². The minimum Gasteiger partial charge on any atom is -0.485 e. The Labute approximate surface area is 123 Å². The van der Waals surface area contributed by atoms with E-state index in [-0.39, 0.29) is 6.10 Å². The van der Waals surface area contributed by atoms with Crippen molar-refractivity contribution in [2.75, 3.05) is 0 Å². The molecule has 0 amide bonds. The Balaban J connectivity index is 1.64. The van der Waals surface area contributed by atoms with Gasteiger partial charge < -0.3 is 4.74 Å². The summed E-state index contributed by atoms with van der Waals surface area (Å²) < 4.78 is 5.95. The molecule has 0 radical (unpaired) electrons. The molecule has 1 aliphatic rings. The van der Waals surface area contributed by atoms with Crippen molar-refractivity contribution in [3.63, 3.8) is 0 Å². The van der Waals surface area contributed by atoms with Crippen molar-refractivity contribution in [2.24, 2.45) is 0 Å². The van der Waals surface area contributed by atoms with Crippen LogP contribution in [0.25, 0.3) is 6.08 Å². The molecule has 1 atom stereocenters. The number of ether oxygens (including phenoxy) is 1. The lowest BCUT2D eigenvalue weighted by Gasteiger charge is -2.20. The van der Waals surface area contributed by atoms with Gasteiger partial charge in [-0.2, -0.15) is 0 Å². The van der Waals surface area contributed by atoms with Gasteiger partial charge in [-0.15, -0.1) is 0 Å². The number of para-hydroxylation sites is 1. The second-order valence-corrected chi connectivity index (χ2v) is 5.46. The Kier molecular flexibility index (Phi) is 6.43. The predicted octanol–water partition coefficient (Wildman–Crippen LogP) is 5.77. The Hall–Kier alpha value is -1.50. The monoisotopic (exact) mass is 270 g/mol. The quantitative estimate of drug-likeness (QED) is 0.430. The summed E-state index contributed by atoms with van der Waals surface area (Å²) in [5, 5.41) is 0. The number of hydrogen-bond acceptors (Lipinski definition) is 1. The molecule has 1 heterocycles. The molecule has 1 unspecified atom stereocenters. The number of rotatable bonds is 8. The first-order valence-electron chi connectivity index (χ1n) is 7.99. The number of benzene rings is 1. The third-order valence-electron chi connectivity index (χ3n) is 3.70. The SMILES string of the molecule is CCCCCCC/C=C/CC1C=Cc2ccccc2O1. The van der Waals surface area contributed by atoms with Crippen LogP contribution in [0.15, 0.2) is 42.5 Å². The first-order valence-corrected chi connectivity index (χ1v) is 7.99. The van der Waals surface area contributed by atoms with Crippen molar-refractivity contribution in [1.29, 1.82) is 0 Å². The van der Waals surface area contributed by atoms with Gasteiger partial charge in [0, 0.05) is 12.0 Å². The highest BCUT2D eigenvalue weighted by molar-refractivity contribution is 5.59. The molecule has 0 N–H and O–H groups in total. The first-order chi connectivity index (χ1) is 9.90. The minimum absolute atomic E-state index is 0.196. The maximum atomic E-state index is 5.95. The van der Waals surface area contributed by atoms with E-state index in [0.29, 0.717) is 0 Å². The van der Waals surface area contributed by atoms with Crippen LogP contribution in [-0.2, 0) is 0 Å². The van der Waals surface area contributed by atoms with E-state index in [1.807, 2.05) is 18.2 Å². The van der Waals surface area contributed by atoms with Gasteiger partial charge in [-0.1, -0.05) is 69.0 Å². The van der Waals surface area contributed by atoms with Gasteiger partial charge in [0.25, 0.3) is 0 Å². The molecule has 1 aromatic carbocycles. The van der Waals surface area contributed by atoms with Crippen LogP contribution < -0.4 is 4.74 Å². The Morgan fingerprint density at radius 2 is 1.90 bits per heavy atom. The van der Waals surface area contributed by atoms with E-state index < -0.39 is 0 Å². The van der Waals surface area contributed by atoms with Crippen molar-refractivity contribution < 1.29 is 4.74 Å². The van der Waals surface area contributed by atoms with Gasteiger partial charge in [0.1, 0.15) is 11.9 Å². The Morgan fingerprint density at radius 1 is 1.05 bits per heavy atom. The molecule has 20 heavy (non-hydrogen) atoms. The van der Waals surface area contributed by atoms with E-state index in [4.69, 9.17) is 4.74 Å². The topological polar surface area (TPSA) is 9.23 Å². The summed E-state index contributed by atoms with van der Waals surface area (Å²) in [7, 11) is 0.